The van der Waals surface area contributed by atoms with E-state index in [1.807, 2.05) is 105 Å². The molecule has 1 aliphatic heterocycles. The van der Waals surface area contributed by atoms with Crippen LogP contribution in [0.15, 0.2) is 130 Å². The van der Waals surface area contributed by atoms with Gasteiger partial charge in [0.15, 0.2) is 5.96 Å². The molecule has 0 unspecified atom stereocenters. The van der Waals surface area contributed by atoms with Crippen molar-refractivity contribution in [3.05, 3.63) is 169 Å². The number of benzene rings is 4. The fourth-order valence-corrected chi connectivity index (χ4v) is 6.67. The van der Waals surface area contributed by atoms with Gasteiger partial charge in [-0.15, -0.1) is 0 Å². The number of H-pyrrole nitrogens is 1. The highest BCUT2D eigenvalue weighted by Gasteiger charge is 2.43. The minimum Gasteiger partial charge on any atom is -0.358 e. The number of hydrogen-bond donors (Lipinski definition) is 3. The minimum atomic E-state index is -4.67. The molecule has 9 nitrogen and oxygen atoms in total. The second-order valence-electron chi connectivity index (χ2n) is 13.1. The van der Waals surface area contributed by atoms with E-state index in [4.69, 9.17) is 26.1 Å². The van der Waals surface area contributed by atoms with E-state index < -0.39 is 52.0 Å². The quantitative estimate of drug-likeness (QED) is 0.0770. The Balaban J connectivity index is 1.43. The van der Waals surface area contributed by atoms with E-state index in [1.165, 1.54) is 22.9 Å². The van der Waals surface area contributed by atoms with Gasteiger partial charge < -0.3 is 20.1 Å². The zero-order chi connectivity index (χ0) is 37.8. The first-order chi connectivity index (χ1) is 25.3. The molecular weight excluding hydrogens is 707 g/mol. The van der Waals surface area contributed by atoms with Crippen molar-refractivity contribution >= 4 is 23.2 Å². The summed E-state index contributed by atoms with van der Waals surface area (Å²) in [7, 11) is 0. The predicted molar refractivity (Wildman–Crippen MR) is 199 cm³/mol. The molecule has 0 saturated carbocycles. The summed E-state index contributed by atoms with van der Waals surface area (Å²) < 4.78 is 56.2. The maximum absolute atomic E-state index is 13.8. The van der Waals surface area contributed by atoms with E-state index in [0.29, 0.717) is 5.56 Å². The fraction of sp³-hybridized carbons (Fsp3) is 0.275. The molecule has 13 heteroatoms. The number of alkyl halides is 3. The van der Waals surface area contributed by atoms with Gasteiger partial charge >= 0.3 is 11.9 Å². The largest absolute Gasteiger partial charge is 0.417 e. The van der Waals surface area contributed by atoms with Crippen LogP contribution in [0.3, 0.4) is 0 Å². The van der Waals surface area contributed by atoms with Crippen molar-refractivity contribution in [2.75, 3.05) is 11.9 Å². The van der Waals surface area contributed by atoms with Crippen LogP contribution < -0.4 is 21.9 Å². The maximum atomic E-state index is 13.8. The molecule has 2 heterocycles. The van der Waals surface area contributed by atoms with Crippen LogP contribution in [0.4, 0.5) is 18.9 Å². The highest BCUT2D eigenvalue weighted by Crippen LogP contribution is 2.42. The van der Waals surface area contributed by atoms with Gasteiger partial charge in [-0.05, 0) is 55.7 Å². The van der Waals surface area contributed by atoms with Crippen molar-refractivity contribution in [1.29, 1.82) is 0 Å². The summed E-state index contributed by atoms with van der Waals surface area (Å²) in [5, 5.41) is 5.76. The van der Waals surface area contributed by atoms with Crippen molar-refractivity contribution in [2.45, 2.75) is 63.4 Å². The highest BCUT2D eigenvalue weighted by molar-refractivity contribution is 6.31. The molecule has 0 amide bonds. The monoisotopic (exact) mass is 745 g/mol. The molecule has 0 bridgehead atoms. The number of nitrogens with one attached hydrogen (secondary N) is 3. The summed E-state index contributed by atoms with van der Waals surface area (Å²) in [6.07, 6.45) is -4.68. The normalized spacial score (nSPS) is 18.0. The average molecular weight is 746 g/mol. The molecule has 276 valence electrons. The Kier molecular flexibility index (Phi) is 11.2. The Morgan fingerprint density at radius 1 is 0.943 bits per heavy atom. The average Bonchev–Trinajstić information content (AvgIpc) is 3.53. The number of rotatable bonds is 10. The number of aliphatic imine (C=N–C) groups is 1. The van der Waals surface area contributed by atoms with E-state index in [0.717, 1.165) is 22.8 Å². The van der Waals surface area contributed by atoms with Crippen LogP contribution in [0.5, 0.6) is 0 Å². The molecule has 3 N–H and O–H groups in total. The zero-order valence-electron chi connectivity index (χ0n) is 29.2. The maximum Gasteiger partial charge on any atom is 0.417 e. The SMILES string of the molecule is Cc1cn([C@H]2C[C@H](N=C(Nc3ccc(Cl)c(C(F)(F)F)c3)NC(C)C)[C@@H](COC(c3ccccc3)(c3ccccc3)c3ccccc3)O2)c(=O)[nH]c1=O. The Bertz CT molecular complexity index is 2060. The summed E-state index contributed by atoms with van der Waals surface area (Å²) in [6.45, 7) is 5.30. The first kappa shape index (κ1) is 37.6. The zero-order valence-corrected chi connectivity index (χ0v) is 30.0. The topological polar surface area (TPSA) is 110 Å². The van der Waals surface area contributed by atoms with Gasteiger partial charge in [-0.25, -0.2) is 9.79 Å². The number of aromatic nitrogens is 2. The summed E-state index contributed by atoms with van der Waals surface area (Å²) >= 11 is 5.90. The van der Waals surface area contributed by atoms with E-state index in [1.54, 1.807) is 6.92 Å². The molecular formula is C40H39ClF3N5O4. The van der Waals surface area contributed by atoms with Crippen molar-refractivity contribution in [2.24, 2.45) is 4.99 Å². The van der Waals surface area contributed by atoms with Gasteiger partial charge in [-0.3, -0.25) is 14.3 Å². The van der Waals surface area contributed by atoms with Crippen LogP contribution in [0, 0.1) is 6.92 Å². The second kappa shape index (κ2) is 15.8. The van der Waals surface area contributed by atoms with E-state index in [9.17, 15) is 22.8 Å². The number of aromatic amines is 1. The molecule has 1 saturated heterocycles. The molecule has 0 radical (unpaired) electrons. The number of hydrogen-bond acceptors (Lipinski definition) is 5. The van der Waals surface area contributed by atoms with Gasteiger partial charge in [-0.2, -0.15) is 13.2 Å². The van der Waals surface area contributed by atoms with Gasteiger partial charge in [0, 0.05) is 29.9 Å². The summed E-state index contributed by atoms with van der Waals surface area (Å²) in [6, 6.07) is 32.1. The number of guanidine groups is 1. The molecule has 0 spiro atoms. The number of ether oxygens (including phenoxy) is 2. The molecule has 53 heavy (non-hydrogen) atoms. The third-order valence-corrected chi connectivity index (χ3v) is 9.25. The highest BCUT2D eigenvalue weighted by atomic mass is 35.5. The van der Waals surface area contributed by atoms with Crippen molar-refractivity contribution in [1.82, 2.24) is 14.9 Å². The van der Waals surface area contributed by atoms with Gasteiger partial charge in [0.2, 0.25) is 0 Å². The van der Waals surface area contributed by atoms with Crippen molar-refractivity contribution in [3.8, 4) is 0 Å². The van der Waals surface area contributed by atoms with Crippen LogP contribution in [0.1, 0.15) is 54.3 Å². The van der Waals surface area contributed by atoms with Gasteiger partial charge in [-0.1, -0.05) is 103 Å². The van der Waals surface area contributed by atoms with E-state index in [-0.39, 0.29) is 30.7 Å². The number of nitrogens with zero attached hydrogens (tertiary/aromatic N) is 2. The lowest BCUT2D eigenvalue weighted by Gasteiger charge is -2.37. The summed E-state index contributed by atoms with van der Waals surface area (Å²) in [4.78, 5) is 32.6. The molecule has 3 atom stereocenters. The van der Waals surface area contributed by atoms with Crippen molar-refractivity contribution < 1.29 is 22.6 Å². The lowest BCUT2D eigenvalue weighted by molar-refractivity contribution is -0.137. The smallest absolute Gasteiger partial charge is 0.358 e. The summed E-state index contributed by atoms with van der Waals surface area (Å²) in [5.74, 6) is 0.181. The molecule has 1 aliphatic rings. The summed E-state index contributed by atoms with van der Waals surface area (Å²) in [5.41, 5.74) is -0.219. The molecule has 1 fully saturated rings. The van der Waals surface area contributed by atoms with Crippen LogP contribution in [0.25, 0.3) is 0 Å². The van der Waals surface area contributed by atoms with Gasteiger partial charge in [0.25, 0.3) is 5.56 Å². The number of aryl methyl sites for hydroxylation is 1. The van der Waals surface area contributed by atoms with E-state index in [2.05, 4.69) is 15.6 Å². The van der Waals surface area contributed by atoms with Crippen LogP contribution in [-0.4, -0.2) is 40.3 Å². The van der Waals surface area contributed by atoms with Gasteiger partial charge in [0.1, 0.15) is 17.9 Å². The standard InChI is InChI=1S/C40H39ClF3N5O4/c1-25(2)45-37(46-30-19-20-32(41)31(21-30)40(42,43)44)47-33-22-35(49-23-26(3)36(50)48-38(49)51)53-34(33)24-52-39(27-13-7-4-8-14-27,28-15-9-5-10-16-28)29-17-11-6-12-18-29/h4-21,23,25,33-35H,22,24H2,1-3H3,(H2,45,46,47)(H,48,50,51)/t33-,34+,35+/m0/s1. The van der Waals surface area contributed by atoms with E-state index >= 15 is 0 Å². The first-order valence-electron chi connectivity index (χ1n) is 17.1. The Morgan fingerprint density at radius 2 is 1.51 bits per heavy atom. The van der Waals surface area contributed by atoms with Gasteiger partial charge in [0.05, 0.1) is 23.2 Å². The third-order valence-electron chi connectivity index (χ3n) is 8.92. The fourth-order valence-electron chi connectivity index (χ4n) is 6.45. The number of halogens is 4. The molecule has 4 aromatic carbocycles. The number of anilines is 1. The molecule has 1 aromatic heterocycles. The van der Waals surface area contributed by atoms with Crippen molar-refractivity contribution in [3.63, 3.8) is 0 Å². The lowest BCUT2D eigenvalue weighted by atomic mass is 9.80. The van der Waals surface area contributed by atoms with Crippen LogP contribution in [-0.2, 0) is 21.3 Å². The Hall–Kier alpha value is -5.17. The Labute approximate surface area is 309 Å². The second-order valence-corrected chi connectivity index (χ2v) is 13.5. The Morgan fingerprint density at radius 3 is 2.04 bits per heavy atom. The molecule has 6 rings (SSSR count). The predicted octanol–water partition coefficient (Wildman–Crippen LogP) is 7.65. The molecule has 5 aromatic rings. The third kappa shape index (κ3) is 8.40. The first-order valence-corrected chi connectivity index (χ1v) is 17.5. The minimum absolute atomic E-state index is 0.0193. The molecule has 0 aliphatic carbocycles. The van der Waals surface area contributed by atoms with Crippen LogP contribution in [0.2, 0.25) is 5.02 Å². The van der Waals surface area contributed by atoms with Crippen LogP contribution >= 0.6 is 11.6 Å². The lowest BCUT2D eigenvalue weighted by Crippen LogP contribution is -2.40.